The minimum atomic E-state index is -0.467. The number of aromatic nitrogens is 3. The van der Waals surface area contributed by atoms with Gasteiger partial charge in [0, 0.05) is 21.0 Å². The molecule has 1 atom stereocenters. The molecular weight excluding hydrogens is 431 g/mol. The van der Waals surface area contributed by atoms with Crippen molar-refractivity contribution in [2.45, 2.75) is 26.4 Å². The molecule has 5 nitrogen and oxygen atoms in total. The number of nitrogens with zero attached hydrogens (tertiary/aromatic N) is 3. The van der Waals surface area contributed by atoms with Crippen LogP contribution in [0.15, 0.2) is 72.8 Å². The monoisotopic (exact) mass is 452 g/mol. The zero-order valence-electron chi connectivity index (χ0n) is 17.2. The molecule has 4 rings (SSSR count). The van der Waals surface area contributed by atoms with E-state index in [1.165, 1.54) is 5.56 Å². The molecule has 7 heteroatoms. The lowest BCUT2D eigenvalue weighted by molar-refractivity contribution is 0.0823. The molecule has 0 fully saturated rings. The lowest BCUT2D eigenvalue weighted by Gasteiger charge is -2.35. The van der Waals surface area contributed by atoms with E-state index in [2.05, 4.69) is 41.6 Å². The molecule has 0 aliphatic rings. The van der Waals surface area contributed by atoms with Gasteiger partial charge in [-0.2, -0.15) is 0 Å². The highest BCUT2D eigenvalue weighted by molar-refractivity contribution is 6.35. The first-order valence-electron chi connectivity index (χ1n) is 9.94. The number of halogens is 2. The summed E-state index contributed by atoms with van der Waals surface area (Å²) < 4.78 is 1.78. The Morgan fingerprint density at radius 3 is 2.35 bits per heavy atom. The Labute approximate surface area is 191 Å². The van der Waals surface area contributed by atoms with Crippen LogP contribution in [0, 0.1) is 5.41 Å². The van der Waals surface area contributed by atoms with Crippen LogP contribution < -0.4 is 5.32 Å². The fraction of sp³-hybridized carbons (Fsp3) is 0.208. The first-order chi connectivity index (χ1) is 14.8. The van der Waals surface area contributed by atoms with Crippen molar-refractivity contribution >= 4 is 40.1 Å². The highest BCUT2D eigenvalue weighted by Crippen LogP contribution is 2.35. The summed E-state index contributed by atoms with van der Waals surface area (Å²) in [5.41, 5.74) is 2.78. The molecule has 1 amide bonds. The summed E-state index contributed by atoms with van der Waals surface area (Å²) in [6, 6.07) is 22.7. The Bertz CT molecular complexity index is 1200. The van der Waals surface area contributed by atoms with Crippen molar-refractivity contribution in [3.63, 3.8) is 0 Å². The second kappa shape index (κ2) is 8.69. The molecule has 31 heavy (non-hydrogen) atoms. The molecule has 1 N–H and O–H groups in total. The average molecular weight is 453 g/mol. The van der Waals surface area contributed by atoms with Gasteiger partial charge in [-0.05, 0) is 42.3 Å². The maximum Gasteiger partial charge on any atom is 0.253 e. The number of amides is 1. The van der Waals surface area contributed by atoms with Crippen LogP contribution in [0.3, 0.4) is 0 Å². The van der Waals surface area contributed by atoms with Gasteiger partial charge in [-0.15, -0.1) is 5.10 Å². The van der Waals surface area contributed by atoms with E-state index < -0.39 is 11.6 Å². The highest BCUT2D eigenvalue weighted by atomic mass is 35.5. The van der Waals surface area contributed by atoms with Crippen LogP contribution in [0.2, 0.25) is 10.0 Å². The first kappa shape index (κ1) is 21.3. The van der Waals surface area contributed by atoms with E-state index in [1.54, 1.807) is 22.9 Å². The molecule has 1 heterocycles. The second-order valence-electron chi connectivity index (χ2n) is 8.21. The normalized spacial score (nSPS) is 12.6. The third-order valence-corrected chi connectivity index (χ3v) is 5.69. The van der Waals surface area contributed by atoms with Gasteiger partial charge in [0.15, 0.2) is 0 Å². The van der Waals surface area contributed by atoms with Gasteiger partial charge in [-0.1, -0.05) is 84.7 Å². The number of para-hydroxylation sites is 1. The molecule has 0 bridgehead atoms. The van der Waals surface area contributed by atoms with Crippen LogP contribution in [0.5, 0.6) is 0 Å². The summed E-state index contributed by atoms with van der Waals surface area (Å²) in [6.07, 6.45) is 0.258. The number of nitrogens with one attached hydrogen (secondary N) is 1. The predicted octanol–water partition coefficient (Wildman–Crippen LogP) is 5.94. The number of hydrogen-bond donors (Lipinski definition) is 1. The predicted molar refractivity (Wildman–Crippen MR) is 124 cm³/mol. The van der Waals surface area contributed by atoms with E-state index in [9.17, 15) is 4.79 Å². The maximum atomic E-state index is 13.2. The van der Waals surface area contributed by atoms with Gasteiger partial charge in [0.25, 0.3) is 5.91 Å². The van der Waals surface area contributed by atoms with Crippen molar-refractivity contribution in [3.8, 4) is 0 Å². The second-order valence-corrected chi connectivity index (χ2v) is 9.08. The van der Waals surface area contributed by atoms with Crippen molar-refractivity contribution in [2.75, 3.05) is 0 Å². The molecule has 0 aliphatic carbocycles. The minimum absolute atomic E-state index is 0.282. The van der Waals surface area contributed by atoms with Gasteiger partial charge in [-0.3, -0.25) is 4.79 Å². The van der Waals surface area contributed by atoms with Crippen molar-refractivity contribution in [1.29, 1.82) is 0 Å². The molecular formula is C24H22Cl2N4O. The summed E-state index contributed by atoms with van der Waals surface area (Å²) in [5.74, 6) is -0.282. The van der Waals surface area contributed by atoms with E-state index in [4.69, 9.17) is 23.2 Å². The summed E-state index contributed by atoms with van der Waals surface area (Å²) in [7, 11) is 0. The molecule has 0 spiro atoms. The molecule has 3 aromatic carbocycles. The number of benzene rings is 3. The van der Waals surface area contributed by atoms with E-state index in [-0.39, 0.29) is 5.91 Å². The third kappa shape index (κ3) is 4.73. The zero-order chi connectivity index (χ0) is 22.0. The van der Waals surface area contributed by atoms with Crippen LogP contribution in [0.4, 0.5) is 0 Å². The van der Waals surface area contributed by atoms with Crippen LogP contribution >= 0.6 is 23.2 Å². The fourth-order valence-electron chi connectivity index (χ4n) is 3.78. The van der Waals surface area contributed by atoms with Crippen LogP contribution in [0.1, 0.15) is 35.9 Å². The molecule has 1 unspecified atom stereocenters. The Morgan fingerprint density at radius 1 is 1.00 bits per heavy atom. The van der Waals surface area contributed by atoms with E-state index >= 15 is 0 Å². The first-order valence-corrected chi connectivity index (χ1v) is 10.7. The molecule has 0 saturated heterocycles. The van der Waals surface area contributed by atoms with Gasteiger partial charge in [0.05, 0.1) is 5.52 Å². The van der Waals surface area contributed by atoms with Gasteiger partial charge >= 0.3 is 0 Å². The topological polar surface area (TPSA) is 59.8 Å². The lowest BCUT2D eigenvalue weighted by atomic mass is 9.82. The lowest BCUT2D eigenvalue weighted by Crippen LogP contribution is -2.43. The largest absolute Gasteiger partial charge is 0.330 e. The minimum Gasteiger partial charge on any atom is -0.330 e. The SMILES string of the molecule is CC(C)(Cc1ccccc1)C(NC(=O)c1cc(Cl)cc(Cl)c1)n1nnc2ccccc21. The Morgan fingerprint density at radius 2 is 1.65 bits per heavy atom. The van der Waals surface area contributed by atoms with Crippen LogP contribution in [-0.4, -0.2) is 20.9 Å². The standard InChI is InChI=1S/C24H22Cl2N4O/c1-24(2,15-16-8-4-3-5-9-16)23(30-21-11-7-6-10-20(21)28-29-30)27-22(31)17-12-18(25)14-19(26)13-17/h3-14,23H,15H2,1-2H3,(H,27,31). The van der Waals surface area contributed by atoms with Crippen LogP contribution in [-0.2, 0) is 6.42 Å². The van der Waals surface area contributed by atoms with E-state index in [1.807, 2.05) is 42.5 Å². The molecule has 4 aromatic rings. The smallest absolute Gasteiger partial charge is 0.253 e. The molecule has 1 aromatic heterocycles. The average Bonchev–Trinajstić information content (AvgIpc) is 3.15. The van der Waals surface area contributed by atoms with Crippen LogP contribution in [0.25, 0.3) is 11.0 Å². The van der Waals surface area contributed by atoms with Crippen molar-refractivity contribution in [3.05, 3.63) is 94.0 Å². The van der Waals surface area contributed by atoms with E-state index in [0.717, 1.165) is 17.5 Å². The Balaban J connectivity index is 1.74. The summed E-state index contributed by atoms with van der Waals surface area (Å²) in [5, 5.41) is 12.6. The number of fused-ring (bicyclic) bond motifs is 1. The van der Waals surface area contributed by atoms with Gasteiger partial charge in [-0.25, -0.2) is 4.68 Å². The molecule has 0 saturated carbocycles. The summed E-state index contributed by atoms with van der Waals surface area (Å²) in [4.78, 5) is 13.2. The summed E-state index contributed by atoms with van der Waals surface area (Å²) >= 11 is 12.2. The maximum absolute atomic E-state index is 13.2. The Kier molecular flexibility index (Phi) is 5.99. The van der Waals surface area contributed by atoms with Gasteiger partial charge in [0.1, 0.15) is 11.7 Å². The number of hydrogen-bond acceptors (Lipinski definition) is 3. The Hall–Kier alpha value is -2.89. The van der Waals surface area contributed by atoms with Gasteiger partial charge < -0.3 is 5.32 Å². The number of carbonyl (C=O) groups excluding carboxylic acids is 1. The van der Waals surface area contributed by atoms with Gasteiger partial charge in [0.2, 0.25) is 0 Å². The quantitative estimate of drug-likeness (QED) is 0.393. The highest BCUT2D eigenvalue weighted by Gasteiger charge is 2.35. The molecule has 0 aliphatic heterocycles. The summed E-state index contributed by atoms with van der Waals surface area (Å²) in [6.45, 7) is 4.21. The van der Waals surface area contributed by atoms with E-state index in [0.29, 0.717) is 15.6 Å². The fourth-order valence-corrected chi connectivity index (χ4v) is 4.30. The molecule has 158 valence electrons. The number of carbonyl (C=O) groups is 1. The number of rotatable bonds is 6. The third-order valence-electron chi connectivity index (χ3n) is 5.26. The van der Waals surface area contributed by atoms with Crippen molar-refractivity contribution in [2.24, 2.45) is 5.41 Å². The van der Waals surface area contributed by atoms with Crippen molar-refractivity contribution < 1.29 is 4.79 Å². The zero-order valence-corrected chi connectivity index (χ0v) is 18.7. The van der Waals surface area contributed by atoms with Crippen molar-refractivity contribution in [1.82, 2.24) is 20.3 Å². The molecule has 0 radical (unpaired) electrons.